The lowest BCUT2D eigenvalue weighted by atomic mass is 9.84. The van der Waals surface area contributed by atoms with Gasteiger partial charge in [0.2, 0.25) is 0 Å². The van der Waals surface area contributed by atoms with Crippen LogP contribution in [-0.2, 0) is 14.3 Å². The predicted octanol–water partition coefficient (Wildman–Crippen LogP) is 0.620. The molecule has 2 aliphatic heterocycles. The van der Waals surface area contributed by atoms with Crippen LogP contribution < -0.4 is 0 Å². The van der Waals surface area contributed by atoms with Crippen molar-refractivity contribution in [2.24, 2.45) is 11.8 Å². The molecule has 0 aromatic carbocycles. The summed E-state index contributed by atoms with van der Waals surface area (Å²) in [6.45, 7) is 0. The highest BCUT2D eigenvalue weighted by Gasteiger charge is 2.69. The lowest BCUT2D eigenvalue weighted by Gasteiger charge is -2.26. The molecule has 4 aliphatic rings. The quantitative estimate of drug-likeness (QED) is 0.484. The normalized spacial score (nSPS) is 58.3. The average molecular weight is 224 g/mol. The summed E-state index contributed by atoms with van der Waals surface area (Å²) in [6, 6.07) is 0. The Morgan fingerprint density at radius 1 is 1.44 bits per heavy atom. The first-order chi connectivity index (χ1) is 7.71. The summed E-state index contributed by atoms with van der Waals surface area (Å²) >= 11 is 0. The number of aliphatic hydroxyl groups is 1. The van der Waals surface area contributed by atoms with Crippen LogP contribution in [-0.4, -0.2) is 35.0 Å². The molecule has 4 fully saturated rings. The Hall–Kier alpha value is -0.610. The molecule has 1 spiro atoms. The first-order valence-corrected chi connectivity index (χ1v) is 6.26. The average Bonchev–Trinajstić information content (AvgIpc) is 2.61. The molecule has 2 saturated heterocycles. The van der Waals surface area contributed by atoms with Gasteiger partial charge in [-0.2, -0.15) is 0 Å². The molecule has 1 N–H and O–H groups in total. The molecule has 2 heterocycles. The Kier molecular flexibility index (Phi) is 1.65. The van der Waals surface area contributed by atoms with Crippen molar-refractivity contribution in [2.45, 2.75) is 56.0 Å². The van der Waals surface area contributed by atoms with Crippen LogP contribution in [0.1, 0.15) is 32.1 Å². The predicted molar refractivity (Wildman–Crippen MR) is 53.6 cm³/mol. The van der Waals surface area contributed by atoms with E-state index in [4.69, 9.17) is 9.47 Å². The number of carbonyl (C=O) groups excluding carboxylic acids is 1. The second kappa shape index (κ2) is 2.79. The number of aliphatic hydroxyl groups excluding tert-OH is 1. The van der Waals surface area contributed by atoms with E-state index in [2.05, 4.69) is 0 Å². The number of carbonyl (C=O) groups is 1. The number of esters is 1. The summed E-state index contributed by atoms with van der Waals surface area (Å²) < 4.78 is 11.3. The molecule has 4 heteroatoms. The van der Waals surface area contributed by atoms with E-state index in [0.717, 1.165) is 19.3 Å². The molecule has 88 valence electrons. The van der Waals surface area contributed by atoms with E-state index < -0.39 is 6.10 Å². The molecule has 0 radical (unpaired) electrons. The third-order valence-electron chi connectivity index (χ3n) is 5.00. The van der Waals surface area contributed by atoms with Crippen LogP contribution in [0, 0.1) is 11.8 Å². The molecule has 0 bridgehead atoms. The van der Waals surface area contributed by atoms with E-state index in [1.807, 2.05) is 0 Å². The van der Waals surface area contributed by atoms with Crippen molar-refractivity contribution in [1.82, 2.24) is 0 Å². The minimum Gasteiger partial charge on any atom is -0.462 e. The fraction of sp³-hybridized carbons (Fsp3) is 0.917. The molecule has 0 aromatic rings. The summed E-state index contributed by atoms with van der Waals surface area (Å²) in [4.78, 5) is 11.4. The van der Waals surface area contributed by atoms with Gasteiger partial charge in [0, 0.05) is 18.3 Å². The van der Waals surface area contributed by atoms with E-state index >= 15 is 0 Å². The number of ether oxygens (including phenoxy) is 2. The van der Waals surface area contributed by atoms with Crippen molar-refractivity contribution in [3.8, 4) is 0 Å². The Labute approximate surface area is 93.9 Å². The number of rotatable bonds is 0. The second-order valence-corrected chi connectivity index (χ2v) is 5.69. The van der Waals surface area contributed by atoms with Crippen LogP contribution in [0.15, 0.2) is 0 Å². The summed E-state index contributed by atoms with van der Waals surface area (Å²) in [5.41, 5.74) is -0.0367. The fourth-order valence-corrected chi connectivity index (χ4v) is 4.22. The number of fused-ring (bicyclic) bond motifs is 2. The fourth-order valence-electron chi connectivity index (χ4n) is 4.22. The highest BCUT2D eigenvalue weighted by atomic mass is 16.6. The van der Waals surface area contributed by atoms with E-state index in [-0.39, 0.29) is 29.7 Å². The summed E-state index contributed by atoms with van der Waals surface area (Å²) in [5.74, 6) is 0.213. The zero-order chi connectivity index (χ0) is 10.9. The first-order valence-electron chi connectivity index (χ1n) is 6.26. The molecule has 3 unspecified atom stereocenters. The van der Waals surface area contributed by atoms with Gasteiger partial charge in [-0.05, 0) is 19.3 Å². The van der Waals surface area contributed by atoms with Gasteiger partial charge in [0.1, 0.15) is 11.7 Å². The van der Waals surface area contributed by atoms with Crippen LogP contribution in [0.4, 0.5) is 0 Å². The van der Waals surface area contributed by atoms with Crippen LogP contribution in [0.3, 0.4) is 0 Å². The van der Waals surface area contributed by atoms with Gasteiger partial charge in [0.05, 0.1) is 18.6 Å². The summed E-state index contributed by atoms with van der Waals surface area (Å²) in [6.07, 6.45) is 4.12. The second-order valence-electron chi connectivity index (χ2n) is 5.69. The maximum Gasteiger partial charge on any atom is 0.306 e. The maximum atomic E-state index is 11.4. The van der Waals surface area contributed by atoms with E-state index in [9.17, 15) is 9.90 Å². The lowest BCUT2D eigenvalue weighted by Crippen LogP contribution is -2.36. The van der Waals surface area contributed by atoms with Crippen molar-refractivity contribution in [3.05, 3.63) is 0 Å². The van der Waals surface area contributed by atoms with Crippen molar-refractivity contribution >= 4 is 5.97 Å². The summed E-state index contributed by atoms with van der Waals surface area (Å²) in [5, 5.41) is 10.1. The van der Waals surface area contributed by atoms with Gasteiger partial charge in [-0.25, -0.2) is 0 Å². The highest BCUT2D eigenvalue weighted by molar-refractivity contribution is 5.72. The summed E-state index contributed by atoms with van der Waals surface area (Å²) in [7, 11) is 0. The monoisotopic (exact) mass is 224 g/mol. The standard InChI is InChI=1S/C12H16O4/c13-8-5-9-12(16-9)3-1-2-7(12)11-6(8)4-10(14)15-11/h6-9,11,13H,1-5H2/t6-,7-,8?,9?,11+,12?/m0/s1. The molecule has 4 nitrogen and oxygen atoms in total. The minimum atomic E-state index is -0.425. The molecule has 2 saturated carbocycles. The van der Waals surface area contributed by atoms with Crippen LogP contribution >= 0.6 is 0 Å². The van der Waals surface area contributed by atoms with E-state index in [1.165, 1.54) is 0 Å². The molecule has 0 aromatic heterocycles. The van der Waals surface area contributed by atoms with Crippen molar-refractivity contribution in [1.29, 1.82) is 0 Å². The van der Waals surface area contributed by atoms with Crippen molar-refractivity contribution in [2.75, 3.05) is 0 Å². The topological polar surface area (TPSA) is 59.1 Å². The van der Waals surface area contributed by atoms with Gasteiger partial charge in [-0.15, -0.1) is 0 Å². The SMILES string of the molecule is O=C1C[C@H]2C(O)CC3OC34CCC[C@H]4[C@@H]2O1. The Morgan fingerprint density at radius 3 is 3.19 bits per heavy atom. The molecular weight excluding hydrogens is 208 g/mol. The highest BCUT2D eigenvalue weighted by Crippen LogP contribution is 2.60. The third-order valence-corrected chi connectivity index (χ3v) is 5.00. The minimum absolute atomic E-state index is 0.0175. The number of epoxide rings is 1. The zero-order valence-corrected chi connectivity index (χ0v) is 9.09. The van der Waals surface area contributed by atoms with Crippen LogP contribution in [0.5, 0.6) is 0 Å². The number of hydrogen-bond donors (Lipinski definition) is 1. The Morgan fingerprint density at radius 2 is 2.31 bits per heavy atom. The molecule has 0 amide bonds. The Bertz CT molecular complexity index is 355. The van der Waals surface area contributed by atoms with Gasteiger partial charge in [-0.3, -0.25) is 4.79 Å². The molecular formula is C12H16O4. The first kappa shape index (κ1) is 9.42. The van der Waals surface area contributed by atoms with Gasteiger partial charge in [0.15, 0.2) is 0 Å². The van der Waals surface area contributed by atoms with Crippen molar-refractivity contribution in [3.63, 3.8) is 0 Å². The smallest absolute Gasteiger partial charge is 0.306 e. The molecule has 2 aliphatic carbocycles. The molecule has 4 rings (SSSR count). The molecule has 16 heavy (non-hydrogen) atoms. The third kappa shape index (κ3) is 0.998. The van der Waals surface area contributed by atoms with E-state index in [1.54, 1.807) is 0 Å². The van der Waals surface area contributed by atoms with E-state index in [0.29, 0.717) is 18.8 Å². The maximum absolute atomic E-state index is 11.4. The molecule has 6 atom stereocenters. The Balaban J connectivity index is 1.73. The lowest BCUT2D eigenvalue weighted by molar-refractivity contribution is -0.144. The van der Waals surface area contributed by atoms with Gasteiger partial charge < -0.3 is 14.6 Å². The zero-order valence-electron chi connectivity index (χ0n) is 9.09. The van der Waals surface area contributed by atoms with Crippen LogP contribution in [0.25, 0.3) is 0 Å². The van der Waals surface area contributed by atoms with Crippen molar-refractivity contribution < 1.29 is 19.4 Å². The van der Waals surface area contributed by atoms with Gasteiger partial charge in [0.25, 0.3) is 0 Å². The largest absolute Gasteiger partial charge is 0.462 e. The van der Waals surface area contributed by atoms with Gasteiger partial charge >= 0.3 is 5.97 Å². The van der Waals surface area contributed by atoms with Gasteiger partial charge in [-0.1, -0.05) is 0 Å². The van der Waals surface area contributed by atoms with Crippen LogP contribution in [0.2, 0.25) is 0 Å². The number of hydrogen-bond acceptors (Lipinski definition) is 4.